The van der Waals surface area contributed by atoms with Crippen LogP contribution in [0.1, 0.15) is 103 Å². The second kappa shape index (κ2) is 16.1. The van der Waals surface area contributed by atoms with Gasteiger partial charge in [0.2, 0.25) is 0 Å². The molecule has 0 aliphatic heterocycles. The molecular weight excluding hydrogens is 343 g/mol. The molecule has 0 spiro atoms. The van der Waals surface area contributed by atoms with E-state index < -0.39 is 12.1 Å². The Morgan fingerprint density at radius 2 is 1.12 bits per heavy atom. The summed E-state index contributed by atoms with van der Waals surface area (Å²) in [6.07, 6.45) is 10.3. The van der Waals surface area contributed by atoms with Crippen LogP contribution in [0.15, 0.2) is 0 Å². The van der Waals surface area contributed by atoms with Crippen LogP contribution in [0.2, 0.25) is 0 Å². The van der Waals surface area contributed by atoms with Crippen LogP contribution in [0, 0.1) is 0 Å². The Morgan fingerprint density at radius 3 is 1.58 bits per heavy atom. The van der Waals surface area contributed by atoms with Crippen LogP contribution in [0.4, 0.5) is 13.2 Å². The number of alkyl halides is 3. The maximum absolute atomic E-state index is 12.0. The highest BCUT2D eigenvalue weighted by molar-refractivity contribution is 5.81. The van der Waals surface area contributed by atoms with Crippen LogP contribution in [0.5, 0.6) is 0 Å². The van der Waals surface area contributed by atoms with Crippen LogP contribution < -0.4 is 5.32 Å². The molecule has 1 N–H and O–H groups in total. The number of unbranched alkanes of at least 4 members (excludes halogenated alkanes) is 11. The van der Waals surface area contributed by atoms with E-state index in [2.05, 4.69) is 6.92 Å². The molecule has 26 heavy (non-hydrogen) atoms. The molecule has 0 saturated carbocycles. The van der Waals surface area contributed by atoms with Crippen molar-refractivity contribution in [1.82, 2.24) is 5.32 Å². The van der Waals surface area contributed by atoms with E-state index in [0.717, 1.165) is 38.5 Å². The molecule has 0 aromatic rings. The molecule has 1 amide bonds. The lowest BCUT2D eigenvalue weighted by molar-refractivity contribution is -0.173. The highest BCUT2D eigenvalue weighted by Gasteiger charge is 2.38. The molecule has 0 radical (unpaired) electrons. The lowest BCUT2D eigenvalue weighted by atomic mass is 10.0. The largest absolute Gasteiger partial charge is 0.471 e. The molecule has 0 aliphatic rings. The summed E-state index contributed by atoms with van der Waals surface area (Å²) in [6, 6.07) is 0. The van der Waals surface area contributed by atoms with Crippen molar-refractivity contribution in [2.75, 3.05) is 6.54 Å². The third kappa shape index (κ3) is 16.4. The Labute approximate surface area is 156 Å². The maximum atomic E-state index is 12.0. The van der Waals surface area contributed by atoms with Crippen molar-refractivity contribution in [3.05, 3.63) is 0 Å². The van der Waals surface area contributed by atoms with E-state index in [-0.39, 0.29) is 6.54 Å². The van der Waals surface area contributed by atoms with E-state index in [4.69, 9.17) is 0 Å². The molecule has 0 fully saturated rings. The van der Waals surface area contributed by atoms with Crippen molar-refractivity contribution in [2.45, 2.75) is 109 Å². The van der Waals surface area contributed by atoms with Crippen molar-refractivity contribution in [3.8, 4) is 0 Å². The number of hydrogen-bond donors (Lipinski definition) is 1. The molecule has 0 aromatic carbocycles. The summed E-state index contributed by atoms with van der Waals surface area (Å²) in [5.41, 5.74) is 0. The Bertz CT molecular complexity index is 371. The summed E-state index contributed by atoms with van der Waals surface area (Å²) in [7, 11) is 0. The molecule has 0 aliphatic carbocycles. The number of halogens is 3. The Morgan fingerprint density at radius 1 is 0.692 bits per heavy atom. The van der Waals surface area contributed by atoms with Crippen LogP contribution >= 0.6 is 0 Å². The zero-order valence-corrected chi connectivity index (χ0v) is 16.3. The molecule has 0 unspecified atom stereocenters. The summed E-state index contributed by atoms with van der Waals surface area (Å²) in [4.78, 5) is 22.4. The Hall–Kier alpha value is -1.07. The Kier molecular flexibility index (Phi) is 15.5. The number of nitrogens with one attached hydrogen (secondary N) is 1. The van der Waals surface area contributed by atoms with E-state index in [1.54, 1.807) is 0 Å². The van der Waals surface area contributed by atoms with Gasteiger partial charge in [0, 0.05) is 19.4 Å². The van der Waals surface area contributed by atoms with Gasteiger partial charge in [-0.05, 0) is 19.3 Å². The topological polar surface area (TPSA) is 46.2 Å². The molecule has 6 heteroatoms. The van der Waals surface area contributed by atoms with E-state index in [0.29, 0.717) is 25.0 Å². The summed E-state index contributed by atoms with van der Waals surface area (Å²) < 4.78 is 35.9. The van der Waals surface area contributed by atoms with Gasteiger partial charge in [-0.1, -0.05) is 71.1 Å². The van der Waals surface area contributed by atoms with Gasteiger partial charge in [-0.2, -0.15) is 13.2 Å². The number of amides is 1. The van der Waals surface area contributed by atoms with Crippen molar-refractivity contribution in [3.63, 3.8) is 0 Å². The van der Waals surface area contributed by atoms with Gasteiger partial charge in [0.1, 0.15) is 5.78 Å². The summed E-state index contributed by atoms with van der Waals surface area (Å²) in [5.74, 6) is -1.54. The number of rotatable bonds is 17. The van der Waals surface area contributed by atoms with Crippen LogP contribution in [-0.2, 0) is 9.59 Å². The van der Waals surface area contributed by atoms with Gasteiger partial charge < -0.3 is 5.32 Å². The zero-order chi connectivity index (χ0) is 19.7. The first kappa shape index (κ1) is 24.9. The molecular formula is C20H36F3NO2. The molecule has 0 bridgehead atoms. The summed E-state index contributed by atoms with van der Waals surface area (Å²) in [6.45, 7) is 2.26. The standard InChI is InChI=1S/C20H36F3NO2/c1-2-3-4-5-6-7-9-12-15-18(25)16-13-10-8-11-14-17-24-19(26)20(21,22)23/h2-17H2,1H3,(H,24,26). The van der Waals surface area contributed by atoms with Crippen molar-refractivity contribution in [1.29, 1.82) is 0 Å². The first-order valence-electron chi connectivity index (χ1n) is 10.2. The first-order chi connectivity index (χ1) is 12.4. The Balaban J connectivity index is 3.30. The predicted octanol–water partition coefficient (Wildman–Crippen LogP) is 6.11. The van der Waals surface area contributed by atoms with Gasteiger partial charge in [-0.25, -0.2) is 0 Å². The quantitative estimate of drug-likeness (QED) is 0.310. The van der Waals surface area contributed by atoms with E-state index in [1.165, 1.54) is 38.5 Å². The predicted molar refractivity (Wildman–Crippen MR) is 99.0 cm³/mol. The van der Waals surface area contributed by atoms with Crippen LogP contribution in [0.3, 0.4) is 0 Å². The number of Topliss-reactive ketones (excluding diaryl/α,β-unsaturated/α-hetero) is 1. The third-order valence-electron chi connectivity index (χ3n) is 4.48. The first-order valence-corrected chi connectivity index (χ1v) is 10.2. The number of carbonyl (C=O) groups excluding carboxylic acids is 2. The second-order valence-corrected chi connectivity index (χ2v) is 7.03. The fourth-order valence-corrected chi connectivity index (χ4v) is 2.86. The molecule has 3 nitrogen and oxygen atoms in total. The zero-order valence-electron chi connectivity index (χ0n) is 16.3. The fraction of sp³-hybridized carbons (Fsp3) is 0.900. The summed E-state index contributed by atoms with van der Waals surface area (Å²) in [5, 5.41) is 1.86. The van der Waals surface area contributed by atoms with Crippen molar-refractivity contribution in [2.24, 2.45) is 0 Å². The normalized spacial score (nSPS) is 11.5. The maximum Gasteiger partial charge on any atom is 0.471 e. The molecule has 154 valence electrons. The minimum absolute atomic E-state index is 0.0513. The van der Waals surface area contributed by atoms with E-state index in [9.17, 15) is 22.8 Å². The minimum Gasteiger partial charge on any atom is -0.348 e. The molecule has 0 rings (SSSR count). The van der Waals surface area contributed by atoms with Gasteiger partial charge in [0.25, 0.3) is 0 Å². The monoisotopic (exact) mass is 379 g/mol. The molecule has 0 heterocycles. The van der Waals surface area contributed by atoms with Gasteiger partial charge >= 0.3 is 12.1 Å². The van der Waals surface area contributed by atoms with Crippen molar-refractivity contribution < 1.29 is 22.8 Å². The van der Waals surface area contributed by atoms with Crippen LogP contribution in [-0.4, -0.2) is 24.4 Å². The van der Waals surface area contributed by atoms with Gasteiger partial charge in [-0.15, -0.1) is 0 Å². The van der Waals surface area contributed by atoms with Gasteiger partial charge in [0.05, 0.1) is 0 Å². The average molecular weight is 380 g/mol. The summed E-state index contributed by atoms with van der Waals surface area (Å²) >= 11 is 0. The number of hydrogen-bond acceptors (Lipinski definition) is 2. The average Bonchev–Trinajstić information content (AvgIpc) is 2.58. The van der Waals surface area contributed by atoms with E-state index in [1.807, 2.05) is 5.32 Å². The van der Waals surface area contributed by atoms with Gasteiger partial charge in [-0.3, -0.25) is 9.59 Å². The SMILES string of the molecule is CCCCCCCCCCC(=O)CCCCCCCNC(=O)C(F)(F)F. The highest BCUT2D eigenvalue weighted by Crippen LogP contribution is 2.14. The number of ketones is 1. The number of carbonyl (C=O) groups is 2. The molecule has 0 aromatic heterocycles. The van der Waals surface area contributed by atoms with Gasteiger partial charge in [0.15, 0.2) is 0 Å². The van der Waals surface area contributed by atoms with Crippen LogP contribution in [0.25, 0.3) is 0 Å². The van der Waals surface area contributed by atoms with E-state index >= 15 is 0 Å². The highest BCUT2D eigenvalue weighted by atomic mass is 19.4. The smallest absolute Gasteiger partial charge is 0.348 e. The second-order valence-electron chi connectivity index (χ2n) is 7.03. The molecule has 0 atom stereocenters. The fourth-order valence-electron chi connectivity index (χ4n) is 2.86. The lowest BCUT2D eigenvalue weighted by Crippen LogP contribution is -2.37. The third-order valence-corrected chi connectivity index (χ3v) is 4.48. The minimum atomic E-state index is -4.80. The van der Waals surface area contributed by atoms with Crippen molar-refractivity contribution >= 4 is 11.7 Å². The lowest BCUT2D eigenvalue weighted by Gasteiger charge is -2.07. The molecule has 0 saturated heterocycles.